The summed E-state index contributed by atoms with van der Waals surface area (Å²) in [4.78, 5) is 72.6. The summed E-state index contributed by atoms with van der Waals surface area (Å²) < 4.78 is 0. The van der Waals surface area contributed by atoms with Gasteiger partial charge in [0, 0.05) is 12.8 Å². The molecule has 1 aromatic rings. The summed E-state index contributed by atoms with van der Waals surface area (Å²) in [5.41, 5.74) is 16.4. The Labute approximate surface area is 223 Å². The number of aromatic hydroxyl groups is 1. The number of nitrogens with two attached hydrogens (primary N) is 3. The molecule has 0 heterocycles. The molecule has 0 spiro atoms. The molecule has 210 valence electrons. The summed E-state index contributed by atoms with van der Waals surface area (Å²) in [6.45, 7) is 0. The molecule has 0 fully saturated rings. The van der Waals surface area contributed by atoms with E-state index in [9.17, 15) is 39.0 Å². The van der Waals surface area contributed by atoms with Crippen LogP contribution in [0.2, 0.25) is 0 Å². The highest BCUT2D eigenvalue weighted by Gasteiger charge is 2.30. The fourth-order valence-corrected chi connectivity index (χ4v) is 3.73. The van der Waals surface area contributed by atoms with Crippen LogP contribution in [-0.2, 0) is 35.2 Å². The van der Waals surface area contributed by atoms with Crippen LogP contribution in [0, 0.1) is 0 Å². The van der Waals surface area contributed by atoms with Crippen molar-refractivity contribution in [2.24, 2.45) is 17.2 Å². The van der Waals surface area contributed by atoms with Crippen LogP contribution in [0.5, 0.6) is 5.75 Å². The molecule has 0 aliphatic heterocycles. The van der Waals surface area contributed by atoms with Crippen LogP contribution in [0.1, 0.15) is 31.2 Å². The van der Waals surface area contributed by atoms with E-state index in [1.807, 2.05) is 0 Å². The van der Waals surface area contributed by atoms with Gasteiger partial charge in [-0.2, -0.15) is 11.8 Å². The monoisotopic (exact) mass is 554 g/mol. The molecule has 0 saturated carbocycles. The number of carbonyl (C=O) groups excluding carboxylic acids is 5. The highest BCUT2D eigenvalue weighted by molar-refractivity contribution is 7.98. The van der Waals surface area contributed by atoms with E-state index in [2.05, 4.69) is 16.0 Å². The van der Waals surface area contributed by atoms with Crippen molar-refractivity contribution in [2.45, 2.75) is 56.3 Å². The largest absolute Gasteiger partial charge is 0.508 e. The van der Waals surface area contributed by atoms with Crippen LogP contribution in [0.15, 0.2) is 24.3 Å². The van der Waals surface area contributed by atoms with Gasteiger partial charge in [-0.1, -0.05) is 12.1 Å². The lowest BCUT2D eigenvalue weighted by Gasteiger charge is -2.25. The second-order valence-electron chi connectivity index (χ2n) is 8.46. The molecular weight excluding hydrogens is 520 g/mol. The van der Waals surface area contributed by atoms with E-state index in [1.54, 1.807) is 6.26 Å². The first-order valence-corrected chi connectivity index (χ1v) is 13.0. The third kappa shape index (κ3) is 11.9. The maximum absolute atomic E-state index is 13.0. The molecule has 5 amide bonds. The van der Waals surface area contributed by atoms with Crippen molar-refractivity contribution in [1.82, 2.24) is 16.0 Å². The number of phenolic OH excluding ortho intramolecular Hbond substituents is 1. The first-order valence-electron chi connectivity index (χ1n) is 11.6. The number of primary amides is 2. The molecule has 11 N–H and O–H groups in total. The van der Waals surface area contributed by atoms with Gasteiger partial charge in [0.1, 0.15) is 23.9 Å². The number of carboxylic acids is 1. The zero-order valence-corrected chi connectivity index (χ0v) is 21.7. The van der Waals surface area contributed by atoms with Crippen LogP contribution >= 0.6 is 11.8 Å². The number of hydrogen-bond acceptors (Lipinski definition) is 9. The Kier molecular flexibility index (Phi) is 13.6. The van der Waals surface area contributed by atoms with Crippen LogP contribution in [0.4, 0.5) is 0 Å². The topological polar surface area (TPSA) is 257 Å². The Balaban J connectivity index is 3.04. The number of hydrogen-bond donors (Lipinski definition) is 8. The summed E-state index contributed by atoms with van der Waals surface area (Å²) in [6, 6.07) is 0.530. The van der Waals surface area contributed by atoms with Gasteiger partial charge in [0.25, 0.3) is 0 Å². The number of rotatable bonds is 17. The van der Waals surface area contributed by atoms with Crippen LogP contribution < -0.4 is 33.2 Å². The third-order valence-corrected chi connectivity index (χ3v) is 5.95. The molecule has 1 aromatic carbocycles. The van der Waals surface area contributed by atoms with E-state index < -0.39 is 66.1 Å². The number of thioether (sulfide) groups is 1. The highest BCUT2D eigenvalue weighted by Crippen LogP contribution is 2.12. The maximum Gasteiger partial charge on any atom is 0.326 e. The Morgan fingerprint density at radius 1 is 0.842 bits per heavy atom. The van der Waals surface area contributed by atoms with Crippen molar-refractivity contribution >= 4 is 47.3 Å². The highest BCUT2D eigenvalue weighted by atomic mass is 32.2. The predicted molar refractivity (Wildman–Crippen MR) is 138 cm³/mol. The molecule has 38 heavy (non-hydrogen) atoms. The molecule has 0 bridgehead atoms. The smallest absolute Gasteiger partial charge is 0.326 e. The van der Waals surface area contributed by atoms with Crippen LogP contribution in [-0.4, -0.2) is 81.9 Å². The van der Waals surface area contributed by atoms with Crippen molar-refractivity contribution < 1.29 is 39.0 Å². The van der Waals surface area contributed by atoms with E-state index >= 15 is 0 Å². The van der Waals surface area contributed by atoms with E-state index in [0.717, 1.165) is 0 Å². The predicted octanol–water partition coefficient (Wildman–Crippen LogP) is -2.30. The minimum atomic E-state index is -1.39. The molecule has 4 unspecified atom stereocenters. The molecule has 4 atom stereocenters. The molecule has 0 aromatic heterocycles. The van der Waals surface area contributed by atoms with Crippen molar-refractivity contribution in [2.75, 3.05) is 12.0 Å². The summed E-state index contributed by atoms with van der Waals surface area (Å²) in [5, 5.41) is 26.2. The summed E-state index contributed by atoms with van der Waals surface area (Å²) in [5.74, 6) is -4.95. The van der Waals surface area contributed by atoms with Crippen LogP contribution in [0.25, 0.3) is 0 Å². The normalized spacial score (nSPS) is 13.8. The molecule has 1 rings (SSSR count). The molecule has 0 radical (unpaired) electrons. The second kappa shape index (κ2) is 16.1. The number of amides is 5. The standard InChI is InChI=1S/C23H34N6O8S/c1-38-9-8-16(27-20(33)14(24)11-19(26)32)22(35)28-15(6-7-18(25)31)21(34)29-17(23(36)37)10-12-2-4-13(30)5-3-12/h2-5,14-17,30H,6-11,24H2,1H3,(H2,25,31)(H2,26,32)(H,27,33)(H,28,35)(H,29,34)(H,36,37). The van der Waals surface area contributed by atoms with E-state index in [-0.39, 0.29) is 31.4 Å². The number of phenols is 1. The number of benzene rings is 1. The first-order chi connectivity index (χ1) is 17.8. The average Bonchev–Trinajstić information content (AvgIpc) is 2.84. The number of nitrogens with one attached hydrogen (secondary N) is 3. The Bertz CT molecular complexity index is 1010. The van der Waals surface area contributed by atoms with E-state index in [1.165, 1.54) is 36.0 Å². The van der Waals surface area contributed by atoms with E-state index in [4.69, 9.17) is 17.2 Å². The fraction of sp³-hybridized carbons (Fsp3) is 0.478. The summed E-state index contributed by atoms with van der Waals surface area (Å²) in [6.07, 6.45) is 0.831. The first kappa shape index (κ1) is 32.2. The van der Waals surface area contributed by atoms with Crippen molar-refractivity contribution in [1.29, 1.82) is 0 Å². The number of carboxylic acid groups (broad SMARTS) is 1. The third-order valence-electron chi connectivity index (χ3n) is 5.30. The van der Waals surface area contributed by atoms with Gasteiger partial charge in [-0.25, -0.2) is 4.79 Å². The quantitative estimate of drug-likeness (QED) is 0.102. The summed E-state index contributed by atoms with van der Waals surface area (Å²) >= 11 is 1.39. The van der Waals surface area contributed by atoms with Gasteiger partial charge < -0.3 is 43.4 Å². The Morgan fingerprint density at radius 3 is 1.87 bits per heavy atom. The van der Waals surface area contributed by atoms with Gasteiger partial charge in [0.15, 0.2) is 0 Å². The maximum atomic E-state index is 13.0. The lowest BCUT2D eigenvalue weighted by Crippen LogP contribution is -2.57. The van der Waals surface area contributed by atoms with Crippen LogP contribution in [0.3, 0.4) is 0 Å². The molecule has 14 nitrogen and oxygen atoms in total. The molecular formula is C23H34N6O8S. The zero-order valence-electron chi connectivity index (χ0n) is 20.8. The van der Waals surface area contributed by atoms with Crippen molar-refractivity contribution in [3.8, 4) is 5.75 Å². The Hall–Kier alpha value is -3.85. The zero-order chi connectivity index (χ0) is 28.8. The molecule has 15 heteroatoms. The lowest BCUT2D eigenvalue weighted by molar-refractivity contribution is -0.142. The van der Waals surface area contributed by atoms with Gasteiger partial charge in [-0.05, 0) is 42.5 Å². The number of carbonyl (C=O) groups is 6. The Morgan fingerprint density at radius 2 is 1.37 bits per heavy atom. The second-order valence-corrected chi connectivity index (χ2v) is 9.44. The average molecular weight is 555 g/mol. The summed E-state index contributed by atoms with van der Waals surface area (Å²) in [7, 11) is 0. The van der Waals surface area contributed by atoms with Crippen molar-refractivity contribution in [3.63, 3.8) is 0 Å². The molecule has 0 aliphatic carbocycles. The van der Waals surface area contributed by atoms with Gasteiger partial charge >= 0.3 is 5.97 Å². The fourth-order valence-electron chi connectivity index (χ4n) is 3.26. The van der Waals surface area contributed by atoms with Crippen molar-refractivity contribution in [3.05, 3.63) is 29.8 Å². The van der Waals surface area contributed by atoms with Gasteiger partial charge in [-0.3, -0.25) is 24.0 Å². The lowest BCUT2D eigenvalue weighted by atomic mass is 10.0. The van der Waals surface area contributed by atoms with E-state index in [0.29, 0.717) is 11.3 Å². The minimum Gasteiger partial charge on any atom is -0.508 e. The van der Waals surface area contributed by atoms with Gasteiger partial charge in [0.05, 0.1) is 12.5 Å². The van der Waals surface area contributed by atoms with Gasteiger partial charge in [-0.15, -0.1) is 0 Å². The van der Waals surface area contributed by atoms with Gasteiger partial charge in [0.2, 0.25) is 29.5 Å². The molecule has 0 saturated heterocycles. The SMILES string of the molecule is CSCCC(NC(=O)C(N)CC(N)=O)C(=O)NC(CCC(N)=O)C(=O)NC(Cc1ccc(O)cc1)C(=O)O. The molecule has 0 aliphatic rings. The number of aliphatic carboxylic acids is 1. The minimum absolute atomic E-state index is 0.0161.